The van der Waals surface area contributed by atoms with Crippen molar-refractivity contribution in [2.75, 3.05) is 0 Å². The number of allylic oxidation sites excluding steroid dienone is 2. The summed E-state index contributed by atoms with van der Waals surface area (Å²) in [5.74, 6) is 0.280. The first-order chi connectivity index (χ1) is 15.2. The summed E-state index contributed by atoms with van der Waals surface area (Å²) in [4.78, 5) is 12.8. The molecule has 160 valence electrons. The van der Waals surface area contributed by atoms with E-state index in [0.717, 1.165) is 31.4 Å². The van der Waals surface area contributed by atoms with Crippen LogP contribution in [0.25, 0.3) is 23.1 Å². The van der Waals surface area contributed by atoms with Crippen LogP contribution in [0, 0.1) is 0 Å². The van der Waals surface area contributed by atoms with Crippen LogP contribution in [0.5, 0.6) is 0 Å². The number of unbranched alkanes of at least 4 members (excludes halogenated alkanes) is 4. The van der Waals surface area contributed by atoms with Gasteiger partial charge in [-0.2, -0.15) is 0 Å². The number of carbonyl (C=O) groups excluding carboxylic acids is 1. The van der Waals surface area contributed by atoms with Gasteiger partial charge in [-0.15, -0.1) is 0 Å². The van der Waals surface area contributed by atoms with Crippen molar-refractivity contribution in [1.29, 1.82) is 0 Å². The molecule has 31 heavy (non-hydrogen) atoms. The van der Waals surface area contributed by atoms with Crippen LogP contribution in [0.4, 0.5) is 0 Å². The minimum absolute atomic E-state index is 0.280. The highest BCUT2D eigenvalue weighted by molar-refractivity contribution is 6.01. The molecule has 0 unspecified atom stereocenters. The summed E-state index contributed by atoms with van der Waals surface area (Å²) < 4.78 is 2.37. The van der Waals surface area contributed by atoms with Crippen LogP contribution in [0.3, 0.4) is 0 Å². The third-order valence-corrected chi connectivity index (χ3v) is 6.35. The SMILES string of the molecule is CCCCCCCC(=O)c1ccc2c(c1)c1c(n2CC)C=CC(=Cc2ccccc2)C1. The Morgan fingerprint density at radius 1 is 0.968 bits per heavy atom. The lowest BCUT2D eigenvalue weighted by Crippen LogP contribution is -2.01. The van der Waals surface area contributed by atoms with Gasteiger partial charge in [0.15, 0.2) is 5.78 Å². The molecule has 1 aliphatic rings. The summed E-state index contributed by atoms with van der Waals surface area (Å²) in [5, 5.41) is 1.23. The third kappa shape index (κ3) is 4.74. The van der Waals surface area contributed by atoms with Gasteiger partial charge in [-0.05, 0) is 54.3 Å². The van der Waals surface area contributed by atoms with Gasteiger partial charge in [0.25, 0.3) is 0 Å². The zero-order valence-corrected chi connectivity index (χ0v) is 18.9. The Hall–Kier alpha value is -2.87. The van der Waals surface area contributed by atoms with Crippen molar-refractivity contribution in [2.24, 2.45) is 0 Å². The zero-order valence-electron chi connectivity index (χ0n) is 18.9. The Labute approximate surface area is 186 Å². The van der Waals surface area contributed by atoms with Crippen LogP contribution in [-0.4, -0.2) is 10.4 Å². The number of benzene rings is 2. The number of hydrogen-bond acceptors (Lipinski definition) is 1. The third-order valence-electron chi connectivity index (χ3n) is 6.35. The van der Waals surface area contributed by atoms with Crippen molar-refractivity contribution < 1.29 is 4.79 Å². The summed E-state index contributed by atoms with van der Waals surface area (Å²) in [5.41, 5.74) is 7.26. The van der Waals surface area contributed by atoms with Crippen molar-refractivity contribution in [2.45, 2.75) is 65.3 Å². The zero-order chi connectivity index (χ0) is 21.6. The minimum atomic E-state index is 0.280. The monoisotopic (exact) mass is 411 g/mol. The van der Waals surface area contributed by atoms with Crippen LogP contribution in [0.1, 0.15) is 79.6 Å². The average molecular weight is 412 g/mol. The summed E-state index contributed by atoms with van der Waals surface area (Å²) in [6, 6.07) is 16.8. The summed E-state index contributed by atoms with van der Waals surface area (Å²) in [6.45, 7) is 5.34. The highest BCUT2D eigenvalue weighted by Gasteiger charge is 2.19. The molecule has 0 bridgehead atoms. The van der Waals surface area contributed by atoms with E-state index in [9.17, 15) is 4.79 Å². The van der Waals surface area contributed by atoms with Crippen molar-refractivity contribution in [1.82, 2.24) is 4.57 Å². The fourth-order valence-corrected chi connectivity index (χ4v) is 4.68. The van der Waals surface area contributed by atoms with E-state index in [0.29, 0.717) is 6.42 Å². The Bertz CT molecular complexity index is 1110. The molecular formula is C29H33NO. The van der Waals surface area contributed by atoms with Crippen LogP contribution in [-0.2, 0) is 13.0 Å². The Morgan fingerprint density at radius 3 is 2.55 bits per heavy atom. The van der Waals surface area contributed by atoms with Crippen molar-refractivity contribution in [3.8, 4) is 0 Å². The molecule has 3 aromatic rings. The van der Waals surface area contributed by atoms with Gasteiger partial charge < -0.3 is 4.57 Å². The van der Waals surface area contributed by atoms with Crippen LogP contribution < -0.4 is 0 Å². The molecule has 4 rings (SSSR count). The molecule has 2 heteroatoms. The van der Waals surface area contributed by atoms with Crippen molar-refractivity contribution in [3.05, 3.63) is 82.6 Å². The molecule has 1 heterocycles. The number of ketones is 1. The van der Waals surface area contributed by atoms with Gasteiger partial charge in [-0.3, -0.25) is 4.79 Å². The maximum atomic E-state index is 12.8. The standard InChI is InChI=1S/C29H33NO/c1-3-5-6-7-11-14-29(31)24-16-18-28-26(21-24)25-20-23(15-17-27(25)30(28)4-2)19-22-12-9-8-10-13-22/h8-10,12-13,15-19,21H,3-7,11,14,20H2,1-2H3. The normalized spacial score (nSPS) is 14.3. The molecule has 0 amide bonds. The van der Waals surface area contributed by atoms with E-state index in [1.54, 1.807) is 0 Å². The molecule has 2 nitrogen and oxygen atoms in total. The lowest BCUT2D eigenvalue weighted by atomic mass is 9.94. The van der Waals surface area contributed by atoms with E-state index in [2.05, 4.69) is 73.0 Å². The molecule has 2 aromatic carbocycles. The highest BCUT2D eigenvalue weighted by atomic mass is 16.1. The van der Waals surface area contributed by atoms with E-state index in [1.807, 2.05) is 12.1 Å². The first-order valence-electron chi connectivity index (χ1n) is 11.8. The number of hydrogen-bond donors (Lipinski definition) is 0. The number of aryl methyl sites for hydroxylation is 1. The number of carbonyl (C=O) groups is 1. The number of Topliss-reactive ketones (excluding diaryl/α,β-unsaturated/α-hetero) is 1. The highest BCUT2D eigenvalue weighted by Crippen LogP contribution is 2.34. The molecule has 0 radical (unpaired) electrons. The number of fused-ring (bicyclic) bond motifs is 3. The predicted octanol–water partition coefficient (Wildman–Crippen LogP) is 7.86. The lowest BCUT2D eigenvalue weighted by Gasteiger charge is -2.12. The first kappa shape index (κ1) is 21.4. The van der Waals surface area contributed by atoms with E-state index in [1.165, 1.54) is 52.6 Å². The number of aromatic nitrogens is 1. The Morgan fingerprint density at radius 2 is 1.77 bits per heavy atom. The van der Waals surface area contributed by atoms with Crippen LogP contribution in [0.2, 0.25) is 0 Å². The summed E-state index contributed by atoms with van der Waals surface area (Å²) in [6.07, 6.45) is 14.2. The quantitative estimate of drug-likeness (QED) is 0.259. The summed E-state index contributed by atoms with van der Waals surface area (Å²) in [7, 11) is 0. The van der Waals surface area contributed by atoms with Gasteiger partial charge in [-0.1, -0.05) is 75.1 Å². The van der Waals surface area contributed by atoms with Crippen molar-refractivity contribution in [3.63, 3.8) is 0 Å². The topological polar surface area (TPSA) is 22.0 Å². The minimum Gasteiger partial charge on any atom is -0.341 e. The second-order valence-electron chi connectivity index (χ2n) is 8.57. The maximum Gasteiger partial charge on any atom is 0.162 e. The number of nitrogens with zero attached hydrogens (tertiary/aromatic N) is 1. The molecule has 0 fully saturated rings. The largest absolute Gasteiger partial charge is 0.341 e. The molecular weight excluding hydrogens is 378 g/mol. The molecule has 1 aliphatic carbocycles. The van der Waals surface area contributed by atoms with E-state index >= 15 is 0 Å². The molecule has 0 saturated carbocycles. The van der Waals surface area contributed by atoms with Gasteiger partial charge in [0, 0.05) is 41.5 Å². The van der Waals surface area contributed by atoms with Gasteiger partial charge in [-0.25, -0.2) is 0 Å². The van der Waals surface area contributed by atoms with E-state index in [4.69, 9.17) is 0 Å². The Kier molecular flexibility index (Phi) is 6.86. The second kappa shape index (κ2) is 9.96. The Balaban J connectivity index is 1.61. The average Bonchev–Trinajstić information content (AvgIpc) is 3.11. The molecule has 0 atom stereocenters. The fraction of sp³-hybridized carbons (Fsp3) is 0.345. The lowest BCUT2D eigenvalue weighted by molar-refractivity contribution is 0.0979. The molecule has 0 saturated heterocycles. The predicted molar refractivity (Wildman–Crippen MR) is 132 cm³/mol. The van der Waals surface area contributed by atoms with Gasteiger partial charge in [0.05, 0.1) is 0 Å². The van der Waals surface area contributed by atoms with E-state index < -0.39 is 0 Å². The maximum absolute atomic E-state index is 12.8. The second-order valence-corrected chi connectivity index (χ2v) is 8.57. The molecule has 0 aliphatic heterocycles. The van der Waals surface area contributed by atoms with Gasteiger partial charge >= 0.3 is 0 Å². The molecule has 1 aromatic heterocycles. The van der Waals surface area contributed by atoms with Gasteiger partial charge in [0.1, 0.15) is 0 Å². The van der Waals surface area contributed by atoms with E-state index in [-0.39, 0.29) is 5.78 Å². The first-order valence-corrected chi connectivity index (χ1v) is 11.8. The van der Waals surface area contributed by atoms with Crippen molar-refractivity contribution >= 4 is 28.8 Å². The fourth-order valence-electron chi connectivity index (χ4n) is 4.68. The van der Waals surface area contributed by atoms with Gasteiger partial charge in [0.2, 0.25) is 0 Å². The number of rotatable bonds is 9. The van der Waals surface area contributed by atoms with Crippen LogP contribution >= 0.6 is 0 Å². The molecule has 0 spiro atoms. The van der Waals surface area contributed by atoms with Crippen LogP contribution in [0.15, 0.2) is 60.2 Å². The molecule has 0 N–H and O–H groups in total. The smallest absolute Gasteiger partial charge is 0.162 e. The summed E-state index contributed by atoms with van der Waals surface area (Å²) >= 11 is 0.